The molecule has 2 aromatic rings. The van der Waals surface area contributed by atoms with Crippen molar-refractivity contribution in [2.45, 2.75) is 31.7 Å². The van der Waals surface area contributed by atoms with E-state index in [1.165, 1.54) is 24.8 Å². The molecule has 0 radical (unpaired) electrons. The highest BCUT2D eigenvalue weighted by Crippen LogP contribution is 2.25. The van der Waals surface area contributed by atoms with Crippen LogP contribution in [-0.4, -0.2) is 24.5 Å². The average Bonchev–Trinajstić information content (AvgIpc) is 2.68. The Morgan fingerprint density at radius 3 is 2.28 bits per heavy atom. The minimum atomic E-state index is -0.0618. The third-order valence-corrected chi connectivity index (χ3v) is 5.17. The molecule has 0 bridgehead atoms. The first kappa shape index (κ1) is 17.5. The topological polar surface area (TPSA) is 52.0 Å². The SMILES string of the molecule is [N-]=[N+]=NC(CCN1CCC(Cc2ccccc2)CC1)c1ccccc1. The maximum absolute atomic E-state index is 8.85. The summed E-state index contributed by atoms with van der Waals surface area (Å²) in [7, 11) is 0. The molecule has 0 aromatic heterocycles. The Morgan fingerprint density at radius 2 is 1.64 bits per heavy atom. The minimum absolute atomic E-state index is 0.0618. The van der Waals surface area contributed by atoms with Gasteiger partial charge in [0.15, 0.2) is 0 Å². The summed E-state index contributed by atoms with van der Waals surface area (Å²) in [6.07, 6.45) is 4.59. The van der Waals surface area contributed by atoms with E-state index in [4.69, 9.17) is 5.53 Å². The maximum atomic E-state index is 8.85. The lowest BCUT2D eigenvalue weighted by atomic mass is 9.90. The van der Waals surface area contributed by atoms with Crippen molar-refractivity contribution in [3.05, 3.63) is 82.2 Å². The average molecular weight is 334 g/mol. The van der Waals surface area contributed by atoms with Crippen LogP contribution in [0, 0.1) is 5.92 Å². The van der Waals surface area contributed by atoms with Gasteiger partial charge in [0, 0.05) is 4.91 Å². The van der Waals surface area contributed by atoms with Crippen LogP contribution in [-0.2, 0) is 6.42 Å². The summed E-state index contributed by atoms with van der Waals surface area (Å²) in [6, 6.07) is 20.8. The summed E-state index contributed by atoms with van der Waals surface area (Å²) in [5.74, 6) is 0.792. The molecule has 0 spiro atoms. The van der Waals surface area contributed by atoms with Crippen molar-refractivity contribution in [3.8, 4) is 0 Å². The van der Waals surface area contributed by atoms with Crippen LogP contribution in [0.5, 0.6) is 0 Å². The quantitative estimate of drug-likeness (QED) is 0.381. The first-order valence-corrected chi connectivity index (χ1v) is 9.20. The van der Waals surface area contributed by atoms with Crippen LogP contribution in [0.25, 0.3) is 10.4 Å². The van der Waals surface area contributed by atoms with E-state index in [2.05, 4.69) is 45.3 Å². The van der Waals surface area contributed by atoms with E-state index in [-0.39, 0.29) is 6.04 Å². The Kier molecular flexibility index (Phi) is 6.49. The largest absolute Gasteiger partial charge is 0.303 e. The van der Waals surface area contributed by atoms with Gasteiger partial charge < -0.3 is 4.90 Å². The van der Waals surface area contributed by atoms with E-state index >= 15 is 0 Å². The molecule has 1 saturated heterocycles. The monoisotopic (exact) mass is 334 g/mol. The molecule has 3 rings (SSSR count). The molecule has 4 heteroatoms. The second kappa shape index (κ2) is 9.26. The zero-order chi connectivity index (χ0) is 17.3. The molecule has 0 saturated carbocycles. The minimum Gasteiger partial charge on any atom is -0.303 e. The molecule has 1 fully saturated rings. The molecule has 0 amide bonds. The summed E-state index contributed by atoms with van der Waals surface area (Å²) in [6.45, 7) is 3.29. The molecule has 1 aliphatic heterocycles. The Bertz CT molecular complexity index is 672. The van der Waals surface area contributed by atoms with Gasteiger partial charge in [-0.25, -0.2) is 0 Å². The molecule has 0 N–H and O–H groups in total. The van der Waals surface area contributed by atoms with Crippen LogP contribution in [0.4, 0.5) is 0 Å². The Hall–Kier alpha value is -2.29. The maximum Gasteiger partial charge on any atom is 0.0637 e. The van der Waals surface area contributed by atoms with Gasteiger partial charge in [-0.1, -0.05) is 65.8 Å². The second-order valence-corrected chi connectivity index (χ2v) is 6.89. The van der Waals surface area contributed by atoms with E-state index in [1.54, 1.807) is 0 Å². The predicted molar refractivity (Wildman–Crippen MR) is 102 cm³/mol. The van der Waals surface area contributed by atoms with Crippen LogP contribution < -0.4 is 0 Å². The van der Waals surface area contributed by atoms with Gasteiger partial charge >= 0.3 is 0 Å². The highest BCUT2D eigenvalue weighted by Gasteiger charge is 2.20. The summed E-state index contributed by atoms with van der Waals surface area (Å²) < 4.78 is 0. The summed E-state index contributed by atoms with van der Waals surface area (Å²) in [4.78, 5) is 5.56. The fourth-order valence-corrected chi connectivity index (χ4v) is 3.70. The van der Waals surface area contributed by atoms with E-state index in [9.17, 15) is 0 Å². The van der Waals surface area contributed by atoms with Crippen molar-refractivity contribution >= 4 is 0 Å². The molecule has 1 heterocycles. The van der Waals surface area contributed by atoms with Gasteiger partial charge in [0.05, 0.1) is 6.04 Å². The smallest absolute Gasteiger partial charge is 0.0637 e. The lowest BCUT2D eigenvalue weighted by Gasteiger charge is -2.32. The molecular formula is C21H26N4. The summed E-state index contributed by atoms with van der Waals surface area (Å²) in [5.41, 5.74) is 11.4. The molecule has 25 heavy (non-hydrogen) atoms. The standard InChI is InChI=1S/C21H26N4/c22-24-23-21(20-9-5-2-6-10-20)13-16-25-14-11-19(12-15-25)17-18-7-3-1-4-8-18/h1-10,19,21H,11-17H2. The summed E-state index contributed by atoms with van der Waals surface area (Å²) in [5, 5.41) is 4.00. The van der Waals surface area contributed by atoms with Crippen LogP contribution in [0.3, 0.4) is 0 Å². The zero-order valence-electron chi connectivity index (χ0n) is 14.7. The molecule has 1 unspecified atom stereocenters. The van der Waals surface area contributed by atoms with Gasteiger partial charge in [-0.2, -0.15) is 0 Å². The third kappa shape index (κ3) is 5.35. The van der Waals surface area contributed by atoms with Crippen LogP contribution in [0.1, 0.15) is 36.4 Å². The van der Waals surface area contributed by atoms with E-state index < -0.39 is 0 Å². The lowest BCUT2D eigenvalue weighted by Crippen LogP contribution is -2.35. The summed E-state index contributed by atoms with van der Waals surface area (Å²) >= 11 is 0. The number of likely N-dealkylation sites (tertiary alicyclic amines) is 1. The Labute approximate surface area is 150 Å². The van der Waals surface area contributed by atoms with Crippen molar-refractivity contribution in [2.75, 3.05) is 19.6 Å². The molecular weight excluding hydrogens is 308 g/mol. The Balaban J connectivity index is 1.46. The van der Waals surface area contributed by atoms with Crippen LogP contribution in [0.15, 0.2) is 65.8 Å². The number of hydrogen-bond donors (Lipinski definition) is 0. The zero-order valence-corrected chi connectivity index (χ0v) is 14.7. The van der Waals surface area contributed by atoms with Gasteiger partial charge in [-0.15, -0.1) is 0 Å². The van der Waals surface area contributed by atoms with Crippen LogP contribution in [0.2, 0.25) is 0 Å². The molecule has 1 aliphatic rings. The molecule has 2 aromatic carbocycles. The Morgan fingerprint density at radius 1 is 1.00 bits per heavy atom. The second-order valence-electron chi connectivity index (χ2n) is 6.89. The number of nitrogens with zero attached hydrogens (tertiary/aromatic N) is 4. The lowest BCUT2D eigenvalue weighted by molar-refractivity contribution is 0.179. The fourth-order valence-electron chi connectivity index (χ4n) is 3.70. The first-order valence-electron chi connectivity index (χ1n) is 9.20. The van der Waals surface area contributed by atoms with Gasteiger partial charge in [0.2, 0.25) is 0 Å². The number of piperidine rings is 1. The van der Waals surface area contributed by atoms with Crippen molar-refractivity contribution in [1.29, 1.82) is 0 Å². The fraction of sp³-hybridized carbons (Fsp3) is 0.429. The van der Waals surface area contributed by atoms with Crippen molar-refractivity contribution in [2.24, 2.45) is 11.0 Å². The molecule has 1 atom stereocenters. The van der Waals surface area contributed by atoms with Crippen molar-refractivity contribution in [1.82, 2.24) is 4.90 Å². The number of benzene rings is 2. The molecule has 4 nitrogen and oxygen atoms in total. The van der Waals surface area contributed by atoms with Crippen LogP contribution >= 0.6 is 0 Å². The van der Waals surface area contributed by atoms with Crippen molar-refractivity contribution < 1.29 is 0 Å². The third-order valence-electron chi connectivity index (χ3n) is 5.17. The number of hydrogen-bond acceptors (Lipinski definition) is 2. The first-order chi connectivity index (χ1) is 12.3. The number of azide groups is 1. The van der Waals surface area contributed by atoms with Gasteiger partial charge in [0.25, 0.3) is 0 Å². The highest BCUT2D eigenvalue weighted by molar-refractivity contribution is 5.19. The predicted octanol–water partition coefficient (Wildman–Crippen LogP) is 5.38. The normalized spacial score (nSPS) is 17.0. The number of rotatable bonds is 7. The van der Waals surface area contributed by atoms with Gasteiger partial charge in [-0.05, 0) is 67.9 Å². The highest BCUT2D eigenvalue weighted by atomic mass is 15.2. The van der Waals surface area contributed by atoms with E-state index in [0.29, 0.717) is 0 Å². The van der Waals surface area contributed by atoms with Gasteiger partial charge in [0.1, 0.15) is 0 Å². The van der Waals surface area contributed by atoms with E-state index in [1.807, 2.05) is 30.3 Å². The van der Waals surface area contributed by atoms with Gasteiger partial charge in [-0.3, -0.25) is 0 Å². The van der Waals surface area contributed by atoms with E-state index in [0.717, 1.165) is 37.5 Å². The van der Waals surface area contributed by atoms with Crippen molar-refractivity contribution in [3.63, 3.8) is 0 Å². The molecule has 130 valence electrons. The molecule has 0 aliphatic carbocycles.